The molecule has 2 rings (SSSR count). The van der Waals surface area contributed by atoms with Crippen molar-refractivity contribution in [2.75, 3.05) is 11.3 Å². The van der Waals surface area contributed by atoms with Gasteiger partial charge in [0.15, 0.2) is 5.82 Å². The zero-order valence-electron chi connectivity index (χ0n) is 12.3. The van der Waals surface area contributed by atoms with Gasteiger partial charge in [0.25, 0.3) is 5.91 Å². The Balaban J connectivity index is 1.88. The summed E-state index contributed by atoms with van der Waals surface area (Å²) in [7, 11) is -4.24. The van der Waals surface area contributed by atoms with E-state index in [0.29, 0.717) is 4.90 Å². The summed E-state index contributed by atoms with van der Waals surface area (Å²) < 4.78 is 31.1. The highest BCUT2D eigenvalue weighted by molar-refractivity contribution is 7.91. The van der Waals surface area contributed by atoms with Crippen LogP contribution in [0.5, 0.6) is 0 Å². The maximum Gasteiger partial charge on any atom is 0.339 e. The SMILES string of the molecule is Cc1cc(NS(=O)(=O)NC(=O)N2C[C@H](NC(=O)CC#N)C2=O)ns1. The van der Waals surface area contributed by atoms with E-state index >= 15 is 0 Å². The molecule has 1 aromatic rings. The lowest BCUT2D eigenvalue weighted by Crippen LogP contribution is -2.67. The summed E-state index contributed by atoms with van der Waals surface area (Å²) >= 11 is 1.08. The summed E-state index contributed by atoms with van der Waals surface area (Å²) in [6.07, 6.45) is -0.415. The number of nitrogens with zero attached hydrogens (tertiary/aromatic N) is 3. The second-order valence-corrected chi connectivity index (χ2v) is 7.16. The molecular weight excluding hydrogens is 360 g/mol. The first-order chi connectivity index (χ1) is 11.2. The molecule has 1 fully saturated rings. The standard InChI is InChI=1S/C11H12N6O5S2/c1-6-4-8(14-23-6)15-24(21,22)16-11(20)17-5-7(10(17)19)13-9(18)2-3-12/h4,7H,2,5H2,1H3,(H,13,18)(H,14,15)(H,16,20)/t7-/m0/s1. The monoisotopic (exact) mass is 372 g/mol. The fourth-order valence-electron chi connectivity index (χ4n) is 1.78. The normalized spacial score (nSPS) is 16.8. The van der Waals surface area contributed by atoms with Gasteiger partial charge in [0.05, 0.1) is 12.6 Å². The summed E-state index contributed by atoms with van der Waals surface area (Å²) in [6.45, 7) is 1.54. The van der Waals surface area contributed by atoms with Gasteiger partial charge in [-0.05, 0) is 24.5 Å². The Hall–Kier alpha value is -2.72. The van der Waals surface area contributed by atoms with E-state index in [0.717, 1.165) is 16.4 Å². The average Bonchev–Trinajstić information content (AvgIpc) is 2.86. The molecule has 1 saturated heterocycles. The Morgan fingerprint density at radius 2 is 2.25 bits per heavy atom. The summed E-state index contributed by atoms with van der Waals surface area (Å²) in [4.78, 5) is 36.1. The maximum atomic E-state index is 11.8. The van der Waals surface area contributed by atoms with Gasteiger partial charge in [0.1, 0.15) is 12.5 Å². The molecule has 11 nitrogen and oxygen atoms in total. The van der Waals surface area contributed by atoms with Crippen molar-refractivity contribution in [2.24, 2.45) is 0 Å². The molecule has 128 valence electrons. The number of nitrogens with one attached hydrogen (secondary N) is 3. The van der Waals surface area contributed by atoms with Crippen molar-refractivity contribution >= 4 is 45.4 Å². The molecule has 0 spiro atoms. The molecule has 0 aromatic carbocycles. The van der Waals surface area contributed by atoms with Crippen LogP contribution in [0, 0.1) is 18.3 Å². The van der Waals surface area contributed by atoms with Crippen molar-refractivity contribution in [3.63, 3.8) is 0 Å². The Labute approximate surface area is 141 Å². The van der Waals surface area contributed by atoms with Crippen LogP contribution >= 0.6 is 11.5 Å². The lowest BCUT2D eigenvalue weighted by atomic mass is 10.1. The van der Waals surface area contributed by atoms with Gasteiger partial charge in [0.2, 0.25) is 5.91 Å². The zero-order valence-corrected chi connectivity index (χ0v) is 13.9. The first kappa shape index (κ1) is 17.6. The number of rotatable bonds is 5. The number of β-lactam (4-membered cyclic amide) rings is 1. The van der Waals surface area contributed by atoms with Crippen LogP contribution in [0.1, 0.15) is 11.3 Å². The van der Waals surface area contributed by atoms with Crippen LogP contribution in [-0.2, 0) is 19.8 Å². The second-order valence-electron chi connectivity index (χ2n) is 4.74. The van der Waals surface area contributed by atoms with Crippen molar-refractivity contribution in [2.45, 2.75) is 19.4 Å². The van der Waals surface area contributed by atoms with Crippen molar-refractivity contribution in [3.8, 4) is 6.07 Å². The smallest absolute Gasteiger partial charge is 0.339 e. The number of carbonyl (C=O) groups excluding carboxylic acids is 3. The zero-order chi connectivity index (χ0) is 17.9. The molecule has 24 heavy (non-hydrogen) atoms. The van der Waals surface area contributed by atoms with Crippen LogP contribution in [0.4, 0.5) is 10.6 Å². The van der Waals surface area contributed by atoms with Crippen LogP contribution < -0.4 is 14.8 Å². The van der Waals surface area contributed by atoms with Crippen molar-refractivity contribution in [1.82, 2.24) is 19.3 Å². The minimum atomic E-state index is -4.24. The van der Waals surface area contributed by atoms with E-state index in [9.17, 15) is 22.8 Å². The highest BCUT2D eigenvalue weighted by atomic mass is 32.2. The number of nitriles is 1. The van der Waals surface area contributed by atoms with Gasteiger partial charge in [-0.3, -0.25) is 14.5 Å². The molecule has 13 heteroatoms. The highest BCUT2D eigenvalue weighted by Crippen LogP contribution is 2.14. The van der Waals surface area contributed by atoms with Crippen LogP contribution in [0.25, 0.3) is 0 Å². The van der Waals surface area contributed by atoms with E-state index in [1.54, 1.807) is 17.7 Å². The Kier molecular flexibility index (Phi) is 5.00. The molecule has 0 unspecified atom stereocenters. The van der Waals surface area contributed by atoms with Gasteiger partial charge in [-0.2, -0.15) is 18.1 Å². The molecule has 2 heterocycles. The van der Waals surface area contributed by atoms with Gasteiger partial charge in [-0.15, -0.1) is 0 Å². The van der Waals surface area contributed by atoms with E-state index in [-0.39, 0.29) is 12.4 Å². The molecule has 0 bridgehead atoms. The fraction of sp³-hybridized carbons (Fsp3) is 0.364. The molecular formula is C11H12N6O5S2. The topological polar surface area (TPSA) is 161 Å². The summed E-state index contributed by atoms with van der Waals surface area (Å²) in [5, 5.41) is 10.6. The number of imide groups is 1. The number of urea groups is 1. The summed E-state index contributed by atoms with van der Waals surface area (Å²) in [6, 6.07) is 0.995. The van der Waals surface area contributed by atoms with E-state index < -0.39 is 40.5 Å². The molecule has 1 aliphatic rings. The highest BCUT2D eigenvalue weighted by Gasteiger charge is 2.42. The number of amides is 4. The van der Waals surface area contributed by atoms with Crippen molar-refractivity contribution in [1.29, 1.82) is 5.26 Å². The van der Waals surface area contributed by atoms with Crippen LogP contribution in [0.2, 0.25) is 0 Å². The molecule has 4 amide bonds. The molecule has 0 saturated carbocycles. The lowest BCUT2D eigenvalue weighted by molar-refractivity contribution is -0.142. The van der Waals surface area contributed by atoms with Gasteiger partial charge in [0, 0.05) is 4.88 Å². The van der Waals surface area contributed by atoms with Gasteiger partial charge < -0.3 is 5.32 Å². The first-order valence-electron chi connectivity index (χ1n) is 6.47. The third kappa shape index (κ3) is 4.18. The number of hydrogen-bond acceptors (Lipinski definition) is 8. The number of aromatic nitrogens is 1. The Bertz CT molecular complexity index is 826. The molecule has 0 aliphatic carbocycles. The van der Waals surface area contributed by atoms with E-state index in [2.05, 4.69) is 9.69 Å². The third-order valence-electron chi connectivity index (χ3n) is 2.84. The first-order valence-corrected chi connectivity index (χ1v) is 8.73. The van der Waals surface area contributed by atoms with E-state index in [4.69, 9.17) is 5.26 Å². The lowest BCUT2D eigenvalue weighted by Gasteiger charge is -2.36. The van der Waals surface area contributed by atoms with Crippen molar-refractivity contribution < 1.29 is 22.8 Å². The Morgan fingerprint density at radius 1 is 1.54 bits per heavy atom. The Morgan fingerprint density at radius 3 is 2.79 bits per heavy atom. The minimum Gasteiger partial charge on any atom is -0.342 e. The van der Waals surface area contributed by atoms with Gasteiger partial charge in [-0.1, -0.05) is 0 Å². The third-order valence-corrected chi connectivity index (χ3v) is 4.45. The van der Waals surface area contributed by atoms with Crippen LogP contribution in [-0.4, -0.2) is 48.1 Å². The summed E-state index contributed by atoms with van der Waals surface area (Å²) in [5.74, 6) is -1.36. The maximum absolute atomic E-state index is 11.8. The molecule has 1 aliphatic heterocycles. The average molecular weight is 372 g/mol. The van der Waals surface area contributed by atoms with E-state index in [1.807, 2.05) is 4.72 Å². The minimum absolute atomic E-state index is 0.0504. The number of hydrogen-bond donors (Lipinski definition) is 3. The van der Waals surface area contributed by atoms with Gasteiger partial charge in [-0.25, -0.2) is 14.2 Å². The number of likely N-dealkylation sites (tertiary alicyclic amines) is 1. The van der Waals surface area contributed by atoms with E-state index in [1.165, 1.54) is 6.07 Å². The molecule has 1 atom stereocenters. The molecule has 0 radical (unpaired) electrons. The molecule has 3 N–H and O–H groups in total. The number of anilines is 1. The van der Waals surface area contributed by atoms with Gasteiger partial charge >= 0.3 is 16.2 Å². The number of carbonyl (C=O) groups is 3. The van der Waals surface area contributed by atoms with Crippen LogP contribution in [0.15, 0.2) is 6.07 Å². The second kappa shape index (κ2) is 6.81. The quantitative estimate of drug-likeness (QED) is 0.562. The van der Waals surface area contributed by atoms with Crippen LogP contribution in [0.3, 0.4) is 0 Å². The fourth-order valence-corrected chi connectivity index (χ4v) is 3.12. The summed E-state index contributed by atoms with van der Waals surface area (Å²) in [5.41, 5.74) is 0. The number of aryl methyl sites for hydroxylation is 1. The van der Waals surface area contributed by atoms with Crippen molar-refractivity contribution in [3.05, 3.63) is 10.9 Å². The predicted octanol–water partition coefficient (Wildman–Crippen LogP) is -0.941. The molecule has 1 aromatic heterocycles. The predicted molar refractivity (Wildman–Crippen MR) is 81.8 cm³/mol. The largest absolute Gasteiger partial charge is 0.342 e.